The highest BCUT2D eigenvalue weighted by Gasteiger charge is 2.15. The summed E-state index contributed by atoms with van der Waals surface area (Å²) in [7, 11) is -0.591. The lowest BCUT2D eigenvalue weighted by molar-refractivity contribution is 0.291. The maximum Gasteiger partial charge on any atom is 0.0408 e. The number of hydrogen-bond donors (Lipinski definition) is 0. The van der Waals surface area contributed by atoms with Crippen LogP contribution in [-0.4, -0.2) is 33.7 Å². The van der Waals surface area contributed by atoms with Gasteiger partial charge in [-0.05, 0) is 30.2 Å². The molecule has 1 heterocycles. The molecule has 16 heavy (non-hydrogen) atoms. The van der Waals surface area contributed by atoms with Crippen molar-refractivity contribution in [1.29, 1.82) is 0 Å². The van der Waals surface area contributed by atoms with Crippen LogP contribution >= 0.6 is 11.6 Å². The Labute approximate surface area is 104 Å². The topological polar surface area (TPSA) is 20.3 Å². The fourth-order valence-electron chi connectivity index (χ4n) is 1.91. The molecule has 0 N–H and O–H groups in total. The first kappa shape index (κ1) is 12.1. The Bertz CT molecular complexity index is 398. The second kappa shape index (κ2) is 5.30. The molecule has 1 fully saturated rings. The fourth-order valence-corrected chi connectivity index (χ4v) is 3.27. The molecule has 1 saturated heterocycles. The van der Waals surface area contributed by atoms with Crippen molar-refractivity contribution in [2.45, 2.75) is 13.5 Å². The van der Waals surface area contributed by atoms with Gasteiger partial charge >= 0.3 is 0 Å². The molecular weight excluding hydrogens is 242 g/mol. The van der Waals surface area contributed by atoms with E-state index in [1.165, 1.54) is 11.1 Å². The van der Waals surface area contributed by atoms with E-state index in [4.69, 9.17) is 11.6 Å². The van der Waals surface area contributed by atoms with Gasteiger partial charge in [0, 0.05) is 47.0 Å². The van der Waals surface area contributed by atoms with Crippen LogP contribution in [0.5, 0.6) is 0 Å². The van der Waals surface area contributed by atoms with Gasteiger partial charge < -0.3 is 0 Å². The van der Waals surface area contributed by atoms with Gasteiger partial charge in [-0.2, -0.15) is 0 Å². The maximum atomic E-state index is 11.2. The van der Waals surface area contributed by atoms with E-state index < -0.39 is 10.8 Å². The predicted octanol–water partition coefficient (Wildman–Crippen LogP) is 2.21. The third-order valence-electron chi connectivity index (χ3n) is 2.97. The van der Waals surface area contributed by atoms with Gasteiger partial charge in [-0.15, -0.1) is 0 Å². The molecule has 1 aliphatic heterocycles. The van der Waals surface area contributed by atoms with Gasteiger partial charge in [0.25, 0.3) is 0 Å². The van der Waals surface area contributed by atoms with Crippen LogP contribution in [0.15, 0.2) is 18.2 Å². The van der Waals surface area contributed by atoms with Crippen LogP contribution in [-0.2, 0) is 17.3 Å². The van der Waals surface area contributed by atoms with Gasteiger partial charge in [0.05, 0.1) is 0 Å². The zero-order valence-electron chi connectivity index (χ0n) is 9.41. The van der Waals surface area contributed by atoms with Gasteiger partial charge in [0.1, 0.15) is 0 Å². The molecule has 1 aromatic rings. The smallest absolute Gasteiger partial charge is 0.0408 e. The van der Waals surface area contributed by atoms with Crippen LogP contribution in [0.3, 0.4) is 0 Å². The number of halogens is 1. The summed E-state index contributed by atoms with van der Waals surface area (Å²) in [5.74, 6) is 1.62. The molecule has 2 rings (SSSR count). The molecule has 88 valence electrons. The van der Waals surface area contributed by atoms with Crippen molar-refractivity contribution in [3.05, 3.63) is 34.3 Å². The van der Waals surface area contributed by atoms with Crippen LogP contribution in [0.25, 0.3) is 0 Å². The Morgan fingerprint density at radius 2 is 2.06 bits per heavy atom. The molecule has 1 aromatic carbocycles. The first-order valence-corrected chi connectivity index (χ1v) is 7.34. The SMILES string of the molecule is Cc1cc(Cl)ccc1CN1CCS(=O)CC1. The minimum absolute atomic E-state index is 0.591. The van der Waals surface area contributed by atoms with E-state index in [-0.39, 0.29) is 0 Å². The summed E-state index contributed by atoms with van der Waals surface area (Å²) in [4.78, 5) is 2.36. The molecule has 1 aliphatic rings. The Hall–Kier alpha value is -0.380. The van der Waals surface area contributed by atoms with Crippen LogP contribution in [0.1, 0.15) is 11.1 Å². The van der Waals surface area contributed by atoms with Crippen molar-refractivity contribution in [2.75, 3.05) is 24.6 Å². The second-order valence-electron chi connectivity index (χ2n) is 4.20. The quantitative estimate of drug-likeness (QED) is 0.810. The van der Waals surface area contributed by atoms with Crippen molar-refractivity contribution >= 4 is 22.4 Å². The van der Waals surface area contributed by atoms with Gasteiger partial charge in [-0.25, -0.2) is 0 Å². The van der Waals surface area contributed by atoms with Crippen LogP contribution in [0.4, 0.5) is 0 Å². The van der Waals surface area contributed by atoms with Crippen LogP contribution < -0.4 is 0 Å². The monoisotopic (exact) mass is 257 g/mol. The number of aryl methyl sites for hydroxylation is 1. The first-order chi connectivity index (χ1) is 7.65. The van der Waals surface area contributed by atoms with Gasteiger partial charge in [-0.3, -0.25) is 9.11 Å². The lowest BCUT2D eigenvalue weighted by Crippen LogP contribution is -2.37. The molecule has 0 aliphatic carbocycles. The Morgan fingerprint density at radius 3 is 2.69 bits per heavy atom. The summed E-state index contributed by atoms with van der Waals surface area (Å²) < 4.78 is 11.2. The molecule has 0 amide bonds. The van der Waals surface area contributed by atoms with E-state index >= 15 is 0 Å². The highest BCUT2D eigenvalue weighted by atomic mass is 35.5. The molecule has 4 heteroatoms. The second-order valence-corrected chi connectivity index (χ2v) is 6.33. The van der Waals surface area contributed by atoms with E-state index in [0.29, 0.717) is 0 Å². The first-order valence-electron chi connectivity index (χ1n) is 5.47. The summed E-state index contributed by atoms with van der Waals surface area (Å²) in [6.45, 7) is 4.91. The van der Waals surface area contributed by atoms with E-state index in [1.807, 2.05) is 12.1 Å². The third-order valence-corrected chi connectivity index (χ3v) is 4.48. The van der Waals surface area contributed by atoms with Gasteiger partial charge in [-0.1, -0.05) is 17.7 Å². The predicted molar refractivity (Wildman–Crippen MR) is 69.3 cm³/mol. The fraction of sp³-hybridized carbons (Fsp3) is 0.500. The minimum atomic E-state index is -0.591. The molecule has 0 aromatic heterocycles. The van der Waals surface area contributed by atoms with Crippen molar-refractivity contribution in [3.8, 4) is 0 Å². The van der Waals surface area contributed by atoms with E-state index in [0.717, 1.165) is 36.2 Å². The largest absolute Gasteiger partial charge is 0.297 e. The molecule has 0 bridgehead atoms. The Balaban J connectivity index is 2.01. The number of nitrogens with zero attached hydrogens (tertiary/aromatic N) is 1. The molecular formula is C12H16ClNOS. The normalized spacial score (nSPS) is 18.9. The van der Waals surface area contributed by atoms with Crippen molar-refractivity contribution in [1.82, 2.24) is 4.90 Å². The van der Waals surface area contributed by atoms with Crippen LogP contribution in [0, 0.1) is 6.92 Å². The minimum Gasteiger partial charge on any atom is -0.297 e. The summed E-state index contributed by atoms with van der Waals surface area (Å²) in [6, 6.07) is 6.02. The average molecular weight is 258 g/mol. The zero-order valence-corrected chi connectivity index (χ0v) is 11.0. The molecule has 0 radical (unpaired) electrons. The van der Waals surface area contributed by atoms with E-state index in [2.05, 4.69) is 17.9 Å². The molecule has 0 spiro atoms. The highest BCUT2D eigenvalue weighted by molar-refractivity contribution is 7.85. The van der Waals surface area contributed by atoms with Crippen molar-refractivity contribution in [2.24, 2.45) is 0 Å². The molecule has 0 unspecified atom stereocenters. The standard InChI is InChI=1S/C12H16ClNOS/c1-10-8-12(13)3-2-11(10)9-14-4-6-16(15)7-5-14/h2-3,8H,4-7,9H2,1H3. The van der Waals surface area contributed by atoms with Gasteiger partial charge in [0.15, 0.2) is 0 Å². The molecule has 0 saturated carbocycles. The Kier molecular flexibility index (Phi) is 4.00. The lowest BCUT2D eigenvalue weighted by atomic mass is 10.1. The summed E-state index contributed by atoms with van der Waals surface area (Å²) in [5.41, 5.74) is 2.55. The van der Waals surface area contributed by atoms with Gasteiger partial charge in [0.2, 0.25) is 0 Å². The highest BCUT2D eigenvalue weighted by Crippen LogP contribution is 2.17. The number of rotatable bonds is 2. The maximum absolute atomic E-state index is 11.2. The Morgan fingerprint density at radius 1 is 1.38 bits per heavy atom. The van der Waals surface area contributed by atoms with Crippen molar-refractivity contribution < 1.29 is 4.21 Å². The third kappa shape index (κ3) is 3.06. The number of benzene rings is 1. The van der Waals surface area contributed by atoms with E-state index in [9.17, 15) is 4.21 Å². The summed E-state index contributed by atoms with van der Waals surface area (Å²) in [5, 5.41) is 0.793. The summed E-state index contributed by atoms with van der Waals surface area (Å²) in [6.07, 6.45) is 0. The summed E-state index contributed by atoms with van der Waals surface area (Å²) >= 11 is 5.93. The van der Waals surface area contributed by atoms with Crippen LogP contribution in [0.2, 0.25) is 5.02 Å². The number of hydrogen-bond acceptors (Lipinski definition) is 2. The lowest BCUT2D eigenvalue weighted by Gasteiger charge is -2.26. The van der Waals surface area contributed by atoms with E-state index in [1.54, 1.807) is 0 Å². The molecule has 2 nitrogen and oxygen atoms in total. The van der Waals surface area contributed by atoms with Crippen molar-refractivity contribution in [3.63, 3.8) is 0 Å². The zero-order chi connectivity index (χ0) is 11.5. The average Bonchev–Trinajstić information content (AvgIpc) is 2.25. The molecule has 0 atom stereocenters.